The van der Waals surface area contributed by atoms with Crippen molar-refractivity contribution in [2.45, 2.75) is 25.8 Å². The van der Waals surface area contributed by atoms with Gasteiger partial charge in [0.1, 0.15) is 6.04 Å². The lowest BCUT2D eigenvalue weighted by Gasteiger charge is -2.21. The van der Waals surface area contributed by atoms with Crippen LogP contribution in [0.2, 0.25) is 0 Å². The van der Waals surface area contributed by atoms with Crippen molar-refractivity contribution in [3.8, 4) is 0 Å². The van der Waals surface area contributed by atoms with Crippen molar-refractivity contribution in [2.75, 3.05) is 11.6 Å². The molecule has 0 bridgehead atoms. The summed E-state index contributed by atoms with van der Waals surface area (Å²) in [6, 6.07) is 4.30. The highest BCUT2D eigenvalue weighted by molar-refractivity contribution is 9.10. The Balaban J connectivity index is 2.20. The van der Waals surface area contributed by atoms with Crippen LogP contribution in [0.5, 0.6) is 0 Å². The fourth-order valence-electron chi connectivity index (χ4n) is 2.21. The molecule has 1 aliphatic heterocycles. The van der Waals surface area contributed by atoms with E-state index >= 15 is 0 Å². The molecule has 114 valence electrons. The summed E-state index contributed by atoms with van der Waals surface area (Å²) >= 11 is 3.36. The lowest BCUT2D eigenvalue weighted by atomic mass is 10.2. The normalized spacial score (nSPS) is 18.9. The summed E-state index contributed by atoms with van der Waals surface area (Å²) in [5.41, 5.74) is 1.56. The minimum absolute atomic E-state index is 0.0583. The van der Waals surface area contributed by atoms with Crippen LogP contribution in [0.4, 0.5) is 5.69 Å². The zero-order chi connectivity index (χ0) is 15.8. The minimum atomic E-state index is -3.74. The third-order valence-electron chi connectivity index (χ3n) is 3.26. The second-order valence-corrected chi connectivity index (χ2v) is 7.67. The molecule has 1 unspecified atom stereocenters. The Kier molecular flexibility index (Phi) is 4.38. The maximum Gasteiger partial charge on any atom is 0.248 e. The molecule has 1 atom stereocenters. The van der Waals surface area contributed by atoms with E-state index in [0.29, 0.717) is 9.99 Å². The summed E-state index contributed by atoms with van der Waals surface area (Å²) in [4.78, 5) is 23.9. The van der Waals surface area contributed by atoms with E-state index in [2.05, 4.69) is 21.2 Å². The molecular formula is C13H15BrN2O4S. The Morgan fingerprint density at radius 2 is 2.10 bits per heavy atom. The van der Waals surface area contributed by atoms with Crippen molar-refractivity contribution < 1.29 is 18.0 Å². The second-order valence-electron chi connectivity index (χ2n) is 4.96. The lowest BCUT2D eigenvalue weighted by Crippen LogP contribution is -2.44. The summed E-state index contributed by atoms with van der Waals surface area (Å²) in [5.74, 6) is -1.04. The highest BCUT2D eigenvalue weighted by atomic mass is 79.9. The molecule has 1 saturated heterocycles. The molecule has 21 heavy (non-hydrogen) atoms. The number of sulfonamides is 1. The highest BCUT2D eigenvalue weighted by Crippen LogP contribution is 2.25. The number of carbonyl (C=O) groups is 2. The molecule has 0 spiro atoms. The Labute approximate surface area is 131 Å². The number of amides is 2. The molecular weight excluding hydrogens is 360 g/mol. The van der Waals surface area contributed by atoms with Crippen molar-refractivity contribution in [3.63, 3.8) is 0 Å². The topological polar surface area (TPSA) is 83.6 Å². The summed E-state index contributed by atoms with van der Waals surface area (Å²) in [7, 11) is -3.74. The number of rotatable bonds is 3. The maximum absolute atomic E-state index is 12.2. The number of halogens is 1. The average Bonchev–Trinajstić information content (AvgIpc) is 2.76. The van der Waals surface area contributed by atoms with Gasteiger partial charge >= 0.3 is 0 Å². The average molecular weight is 375 g/mol. The lowest BCUT2D eigenvalue weighted by molar-refractivity contribution is -0.128. The summed E-state index contributed by atoms with van der Waals surface area (Å²) < 4.78 is 24.8. The molecule has 1 aromatic rings. The van der Waals surface area contributed by atoms with Crippen LogP contribution in [0.1, 0.15) is 18.4 Å². The number of anilines is 1. The second kappa shape index (κ2) is 5.76. The van der Waals surface area contributed by atoms with Crippen LogP contribution in [-0.4, -0.2) is 36.8 Å². The van der Waals surface area contributed by atoms with Crippen LogP contribution in [0.3, 0.4) is 0 Å². The first-order valence-corrected chi connectivity index (χ1v) is 8.93. The molecule has 1 aliphatic rings. The third-order valence-corrected chi connectivity index (χ3v) is 5.29. The van der Waals surface area contributed by atoms with Crippen molar-refractivity contribution >= 4 is 43.5 Å². The Morgan fingerprint density at radius 1 is 1.43 bits per heavy atom. The van der Waals surface area contributed by atoms with Gasteiger partial charge in [0.2, 0.25) is 21.8 Å². The fraction of sp³-hybridized carbons (Fsp3) is 0.385. The number of hydrogen-bond donors (Lipinski definition) is 1. The summed E-state index contributed by atoms with van der Waals surface area (Å²) in [6.45, 7) is 1.91. The monoisotopic (exact) mass is 374 g/mol. The number of benzene rings is 1. The first-order valence-electron chi connectivity index (χ1n) is 6.29. The van der Waals surface area contributed by atoms with E-state index in [1.54, 1.807) is 12.1 Å². The van der Waals surface area contributed by atoms with E-state index in [0.717, 1.165) is 16.3 Å². The van der Waals surface area contributed by atoms with Gasteiger partial charge in [-0.3, -0.25) is 9.59 Å². The molecule has 1 N–H and O–H groups in total. The largest absolute Gasteiger partial charge is 0.324 e. The molecule has 1 heterocycles. The van der Waals surface area contributed by atoms with E-state index < -0.39 is 27.9 Å². The standard InChI is InChI=1S/C13H15BrN2O4S/c1-8-3-4-9(7-10(8)14)15-13(18)11-5-6-12(17)16(11)21(2,19)20/h3-4,7,11H,5-6H2,1-2H3,(H,15,18). The zero-order valence-corrected chi connectivity index (χ0v) is 14.0. The van der Waals surface area contributed by atoms with Gasteiger partial charge in [0.05, 0.1) is 6.26 Å². The van der Waals surface area contributed by atoms with Crippen molar-refractivity contribution in [1.29, 1.82) is 0 Å². The number of hydrogen-bond acceptors (Lipinski definition) is 4. The van der Waals surface area contributed by atoms with Gasteiger partial charge in [0.25, 0.3) is 0 Å². The molecule has 1 aromatic carbocycles. The number of nitrogens with zero attached hydrogens (tertiary/aromatic N) is 1. The number of nitrogens with one attached hydrogen (secondary N) is 1. The minimum Gasteiger partial charge on any atom is -0.324 e. The van der Waals surface area contributed by atoms with Gasteiger partial charge in [-0.25, -0.2) is 12.7 Å². The van der Waals surface area contributed by atoms with Crippen LogP contribution in [-0.2, 0) is 19.6 Å². The van der Waals surface area contributed by atoms with Crippen LogP contribution >= 0.6 is 15.9 Å². The van der Waals surface area contributed by atoms with E-state index in [-0.39, 0.29) is 12.8 Å². The Morgan fingerprint density at radius 3 is 2.67 bits per heavy atom. The predicted octanol–water partition coefficient (Wildman–Crippen LogP) is 1.65. The SMILES string of the molecule is Cc1ccc(NC(=O)C2CCC(=O)N2S(C)(=O)=O)cc1Br. The van der Waals surface area contributed by atoms with Gasteiger partial charge in [-0.05, 0) is 31.0 Å². The van der Waals surface area contributed by atoms with E-state index in [1.807, 2.05) is 13.0 Å². The highest BCUT2D eigenvalue weighted by Gasteiger charge is 2.41. The van der Waals surface area contributed by atoms with Gasteiger partial charge in [-0.15, -0.1) is 0 Å². The van der Waals surface area contributed by atoms with Gasteiger partial charge in [-0.1, -0.05) is 22.0 Å². The summed E-state index contributed by atoms with van der Waals surface area (Å²) in [6.07, 6.45) is 1.19. The zero-order valence-electron chi connectivity index (χ0n) is 11.6. The molecule has 0 radical (unpaired) electrons. The van der Waals surface area contributed by atoms with Crippen molar-refractivity contribution in [1.82, 2.24) is 4.31 Å². The number of aryl methyl sites for hydroxylation is 1. The predicted molar refractivity (Wildman–Crippen MR) is 82.2 cm³/mol. The molecule has 8 heteroatoms. The van der Waals surface area contributed by atoms with Crippen LogP contribution in [0, 0.1) is 6.92 Å². The number of carbonyl (C=O) groups excluding carboxylic acids is 2. The van der Waals surface area contributed by atoms with Crippen LogP contribution in [0.15, 0.2) is 22.7 Å². The molecule has 0 aromatic heterocycles. The third kappa shape index (κ3) is 3.44. The molecule has 0 saturated carbocycles. The van der Waals surface area contributed by atoms with Crippen LogP contribution < -0.4 is 5.32 Å². The van der Waals surface area contributed by atoms with Gasteiger partial charge < -0.3 is 5.32 Å². The van der Waals surface area contributed by atoms with E-state index in [4.69, 9.17) is 0 Å². The fourth-order valence-corrected chi connectivity index (χ4v) is 3.71. The molecule has 0 aliphatic carbocycles. The van der Waals surface area contributed by atoms with Crippen LogP contribution in [0.25, 0.3) is 0 Å². The Bertz CT molecular complexity index is 702. The Hall–Kier alpha value is -1.41. The summed E-state index contributed by atoms with van der Waals surface area (Å²) in [5, 5.41) is 2.65. The first kappa shape index (κ1) is 16.0. The maximum atomic E-state index is 12.2. The quantitative estimate of drug-likeness (QED) is 0.871. The molecule has 1 fully saturated rings. The smallest absolute Gasteiger partial charge is 0.248 e. The van der Waals surface area contributed by atoms with E-state index in [1.165, 1.54) is 0 Å². The molecule has 2 rings (SSSR count). The molecule has 2 amide bonds. The van der Waals surface area contributed by atoms with Gasteiger partial charge in [0.15, 0.2) is 0 Å². The van der Waals surface area contributed by atoms with Crippen molar-refractivity contribution in [2.24, 2.45) is 0 Å². The van der Waals surface area contributed by atoms with Crippen molar-refractivity contribution in [3.05, 3.63) is 28.2 Å². The first-order chi connectivity index (χ1) is 9.70. The van der Waals surface area contributed by atoms with Gasteiger partial charge in [-0.2, -0.15) is 0 Å². The molecule has 6 nitrogen and oxygen atoms in total. The van der Waals surface area contributed by atoms with Gasteiger partial charge in [0, 0.05) is 16.6 Å². The van der Waals surface area contributed by atoms with E-state index in [9.17, 15) is 18.0 Å².